The molecule has 2 unspecified atom stereocenters. The third-order valence-corrected chi connectivity index (χ3v) is 5.72. The van der Waals surface area contributed by atoms with E-state index >= 15 is 0 Å². The SMILES string of the molecule is CC(O[Si](C)(C)C)c1nnc(C(C)O[Si](C)(C)C)n1/N=C/c1ccccc1. The average Bonchev–Trinajstić information content (AvgIpc) is 2.95. The first-order chi connectivity index (χ1) is 12.5. The Hall–Kier alpha value is -1.62. The molecule has 1 heterocycles. The number of hydrogen-bond donors (Lipinski definition) is 0. The second-order valence-corrected chi connectivity index (χ2v) is 17.5. The van der Waals surface area contributed by atoms with Crippen LogP contribution < -0.4 is 0 Å². The van der Waals surface area contributed by atoms with E-state index in [1.807, 2.05) is 50.4 Å². The lowest BCUT2D eigenvalue weighted by Gasteiger charge is -2.24. The van der Waals surface area contributed by atoms with Gasteiger partial charge in [0.25, 0.3) is 0 Å². The van der Waals surface area contributed by atoms with Gasteiger partial charge < -0.3 is 8.85 Å². The molecule has 0 N–H and O–H groups in total. The monoisotopic (exact) mass is 404 g/mol. The first-order valence-electron chi connectivity index (χ1n) is 9.36. The van der Waals surface area contributed by atoms with Crippen molar-refractivity contribution in [3.05, 3.63) is 47.5 Å². The quantitative estimate of drug-likeness (QED) is 0.459. The van der Waals surface area contributed by atoms with Crippen LogP contribution in [0, 0.1) is 0 Å². The molecule has 0 aliphatic carbocycles. The molecule has 2 rings (SSSR count). The van der Waals surface area contributed by atoms with Gasteiger partial charge in [0.05, 0.1) is 6.21 Å². The van der Waals surface area contributed by atoms with Crippen molar-refractivity contribution in [2.24, 2.45) is 5.10 Å². The van der Waals surface area contributed by atoms with Crippen molar-refractivity contribution in [3.8, 4) is 0 Å². The molecule has 0 spiro atoms. The van der Waals surface area contributed by atoms with Gasteiger partial charge in [-0.2, -0.15) is 9.78 Å². The number of benzene rings is 1. The zero-order valence-corrected chi connectivity index (χ0v) is 19.7. The summed E-state index contributed by atoms with van der Waals surface area (Å²) in [5.41, 5.74) is 1.01. The van der Waals surface area contributed by atoms with E-state index in [2.05, 4.69) is 54.6 Å². The lowest BCUT2D eigenvalue weighted by Crippen LogP contribution is -2.29. The predicted molar refractivity (Wildman–Crippen MR) is 115 cm³/mol. The zero-order chi connectivity index (χ0) is 20.2. The summed E-state index contributed by atoms with van der Waals surface area (Å²) >= 11 is 0. The van der Waals surface area contributed by atoms with Crippen LogP contribution in [0.15, 0.2) is 35.4 Å². The van der Waals surface area contributed by atoms with Crippen molar-refractivity contribution in [2.45, 2.75) is 65.3 Å². The van der Waals surface area contributed by atoms with Crippen LogP contribution in [0.4, 0.5) is 0 Å². The number of nitrogens with zero attached hydrogens (tertiary/aromatic N) is 4. The van der Waals surface area contributed by atoms with Gasteiger partial charge >= 0.3 is 0 Å². The van der Waals surface area contributed by atoms with E-state index in [0.717, 1.165) is 5.56 Å². The zero-order valence-electron chi connectivity index (χ0n) is 17.7. The maximum absolute atomic E-state index is 6.22. The summed E-state index contributed by atoms with van der Waals surface area (Å²) in [6.07, 6.45) is 1.44. The molecule has 0 saturated heterocycles. The van der Waals surface area contributed by atoms with Crippen molar-refractivity contribution in [2.75, 3.05) is 0 Å². The molecular weight excluding hydrogens is 372 g/mol. The lowest BCUT2D eigenvalue weighted by atomic mass is 10.2. The first-order valence-corrected chi connectivity index (χ1v) is 16.2. The molecule has 0 bridgehead atoms. The fraction of sp³-hybridized carbons (Fsp3) is 0.526. The van der Waals surface area contributed by atoms with Crippen LogP contribution in [0.2, 0.25) is 39.3 Å². The molecule has 0 saturated carbocycles. The van der Waals surface area contributed by atoms with Crippen LogP contribution in [0.1, 0.15) is 43.3 Å². The van der Waals surface area contributed by atoms with E-state index in [1.165, 1.54) is 0 Å². The standard InChI is InChI=1S/C19H32N4O2Si2/c1-15(24-26(3,4)5)18-21-22-19(16(2)25-27(6,7)8)23(18)20-14-17-12-10-9-11-13-17/h9-16H,1-8H3/b20-14+. The van der Waals surface area contributed by atoms with Crippen LogP contribution >= 0.6 is 0 Å². The third-order valence-electron chi connectivity index (χ3n) is 3.60. The van der Waals surface area contributed by atoms with Gasteiger partial charge in [-0.3, -0.25) is 0 Å². The molecule has 27 heavy (non-hydrogen) atoms. The van der Waals surface area contributed by atoms with Crippen molar-refractivity contribution in [1.82, 2.24) is 14.9 Å². The van der Waals surface area contributed by atoms with Crippen molar-refractivity contribution >= 4 is 22.8 Å². The highest BCUT2D eigenvalue weighted by Crippen LogP contribution is 2.26. The summed E-state index contributed by atoms with van der Waals surface area (Å²) in [5, 5.41) is 13.5. The van der Waals surface area contributed by atoms with Gasteiger partial charge in [0.1, 0.15) is 12.2 Å². The van der Waals surface area contributed by atoms with Gasteiger partial charge in [-0.05, 0) is 58.7 Å². The Kier molecular flexibility index (Phi) is 6.90. The molecule has 1 aromatic carbocycles. The Balaban J connectivity index is 2.40. The average molecular weight is 405 g/mol. The predicted octanol–water partition coefficient (Wildman–Crippen LogP) is 4.99. The van der Waals surface area contributed by atoms with Crippen molar-refractivity contribution < 1.29 is 8.85 Å². The molecule has 0 aliphatic heterocycles. The summed E-state index contributed by atoms with van der Waals surface area (Å²) in [6, 6.07) is 9.99. The third kappa shape index (κ3) is 6.80. The van der Waals surface area contributed by atoms with Gasteiger partial charge in [-0.1, -0.05) is 30.3 Å². The largest absolute Gasteiger partial charge is 0.408 e. The molecule has 2 aromatic rings. The smallest absolute Gasteiger partial charge is 0.184 e. The van der Waals surface area contributed by atoms with E-state index in [9.17, 15) is 0 Å². The maximum Gasteiger partial charge on any atom is 0.184 e. The Bertz CT molecular complexity index is 725. The van der Waals surface area contributed by atoms with Crippen LogP contribution in [-0.4, -0.2) is 37.7 Å². The minimum absolute atomic E-state index is 0.190. The van der Waals surface area contributed by atoms with Crippen molar-refractivity contribution in [1.29, 1.82) is 0 Å². The Morgan fingerprint density at radius 2 is 1.30 bits per heavy atom. The number of aromatic nitrogens is 3. The highest BCUT2D eigenvalue weighted by molar-refractivity contribution is 6.70. The minimum Gasteiger partial charge on any atom is -0.408 e. The van der Waals surface area contributed by atoms with E-state index in [1.54, 1.807) is 4.68 Å². The van der Waals surface area contributed by atoms with Crippen molar-refractivity contribution in [3.63, 3.8) is 0 Å². The fourth-order valence-electron chi connectivity index (χ4n) is 2.76. The normalized spacial score (nSPS) is 15.3. The first kappa shape index (κ1) is 21.7. The topological polar surface area (TPSA) is 61.5 Å². The Morgan fingerprint density at radius 3 is 1.70 bits per heavy atom. The summed E-state index contributed by atoms with van der Waals surface area (Å²) in [5.74, 6) is 1.40. The van der Waals surface area contributed by atoms with E-state index < -0.39 is 16.6 Å². The molecule has 148 valence electrons. The highest BCUT2D eigenvalue weighted by atomic mass is 28.4. The molecule has 2 atom stereocenters. The lowest BCUT2D eigenvalue weighted by molar-refractivity contribution is 0.193. The molecule has 0 fully saturated rings. The number of rotatable bonds is 8. The van der Waals surface area contributed by atoms with Crippen LogP contribution in [0.5, 0.6) is 0 Å². The minimum atomic E-state index is -1.73. The van der Waals surface area contributed by atoms with Crippen LogP contribution in [-0.2, 0) is 8.85 Å². The molecular formula is C19H32N4O2Si2. The molecule has 8 heteroatoms. The number of hydrogen-bond acceptors (Lipinski definition) is 5. The van der Waals surface area contributed by atoms with Gasteiger partial charge in [0, 0.05) is 0 Å². The second-order valence-electron chi connectivity index (χ2n) is 8.63. The van der Waals surface area contributed by atoms with Crippen LogP contribution in [0.3, 0.4) is 0 Å². The second kappa shape index (κ2) is 8.60. The van der Waals surface area contributed by atoms with Gasteiger partial charge in [-0.15, -0.1) is 10.2 Å². The maximum atomic E-state index is 6.22. The van der Waals surface area contributed by atoms with E-state index in [0.29, 0.717) is 11.6 Å². The molecule has 0 radical (unpaired) electrons. The molecule has 0 amide bonds. The van der Waals surface area contributed by atoms with Gasteiger partial charge in [0.2, 0.25) is 0 Å². The van der Waals surface area contributed by atoms with E-state index in [-0.39, 0.29) is 12.2 Å². The molecule has 6 nitrogen and oxygen atoms in total. The molecule has 0 aliphatic rings. The molecule has 1 aromatic heterocycles. The van der Waals surface area contributed by atoms with Gasteiger partial charge in [-0.25, -0.2) is 0 Å². The van der Waals surface area contributed by atoms with E-state index in [4.69, 9.17) is 8.85 Å². The van der Waals surface area contributed by atoms with Gasteiger partial charge in [0.15, 0.2) is 28.3 Å². The highest BCUT2D eigenvalue weighted by Gasteiger charge is 2.28. The van der Waals surface area contributed by atoms with Crippen LogP contribution in [0.25, 0.3) is 0 Å². The Labute approximate surface area is 164 Å². The summed E-state index contributed by atoms with van der Waals surface area (Å²) in [6.45, 7) is 17.0. The Morgan fingerprint density at radius 1 is 0.852 bits per heavy atom. The summed E-state index contributed by atoms with van der Waals surface area (Å²) < 4.78 is 14.2. The summed E-state index contributed by atoms with van der Waals surface area (Å²) in [4.78, 5) is 0. The summed E-state index contributed by atoms with van der Waals surface area (Å²) in [7, 11) is -3.45. The fourth-order valence-corrected chi connectivity index (χ4v) is 5.09.